The Morgan fingerprint density at radius 2 is 1.72 bits per heavy atom. The Morgan fingerprint density at radius 1 is 1.05 bits per heavy atom. The lowest BCUT2D eigenvalue weighted by atomic mass is 9.91. The number of hydrogen-bond acceptors (Lipinski definition) is 9. The second-order valence-electron chi connectivity index (χ2n) is 9.84. The number of nitriles is 1. The zero-order chi connectivity index (χ0) is 28.7. The normalized spacial score (nSPS) is 12.6. The Hall–Kier alpha value is -4.46. The number of rotatable bonds is 10. The predicted octanol–water partition coefficient (Wildman–Crippen LogP) is 5.91. The molecule has 39 heavy (non-hydrogen) atoms. The third kappa shape index (κ3) is 8.01. The summed E-state index contributed by atoms with van der Waals surface area (Å²) in [5, 5.41) is 15.6. The Morgan fingerprint density at radius 3 is 2.28 bits per heavy atom. The van der Waals surface area contributed by atoms with Crippen molar-refractivity contribution in [2.24, 2.45) is 5.92 Å². The fraction of sp³-hybridized carbons (Fsp3) is 0.357. The fourth-order valence-electron chi connectivity index (χ4n) is 3.83. The number of anilines is 3. The Balaban J connectivity index is 1.99. The van der Waals surface area contributed by atoms with Gasteiger partial charge in [0.05, 0.1) is 37.9 Å². The van der Waals surface area contributed by atoms with Crippen LogP contribution in [0.2, 0.25) is 0 Å². The molecule has 3 aromatic rings. The van der Waals surface area contributed by atoms with Crippen LogP contribution < -0.4 is 20.1 Å². The van der Waals surface area contributed by atoms with Gasteiger partial charge in [-0.15, -0.1) is 0 Å². The summed E-state index contributed by atoms with van der Waals surface area (Å²) in [6.07, 6.45) is -0.0228. The van der Waals surface area contributed by atoms with Gasteiger partial charge in [0.25, 0.3) is 0 Å². The lowest BCUT2D eigenvalue weighted by Gasteiger charge is -2.28. The third-order valence-electron chi connectivity index (χ3n) is 5.53. The molecule has 2 N–H and O–H groups in total. The summed E-state index contributed by atoms with van der Waals surface area (Å²) in [6, 6.07) is 11.1. The molecule has 0 radical (unpaired) electrons. The molecular weight excluding hydrogens is 508 g/mol. The van der Waals surface area contributed by atoms with E-state index in [0.717, 1.165) is 6.07 Å². The van der Waals surface area contributed by atoms with Crippen molar-refractivity contribution in [1.82, 2.24) is 9.97 Å². The van der Waals surface area contributed by atoms with Crippen molar-refractivity contribution >= 4 is 23.3 Å². The van der Waals surface area contributed by atoms with Gasteiger partial charge in [-0.2, -0.15) is 10.2 Å². The summed E-state index contributed by atoms with van der Waals surface area (Å²) in [6.45, 7) is 7.05. The first-order valence-corrected chi connectivity index (χ1v) is 12.1. The van der Waals surface area contributed by atoms with E-state index < -0.39 is 35.2 Å². The van der Waals surface area contributed by atoms with Gasteiger partial charge < -0.3 is 24.8 Å². The number of halogens is 2. The van der Waals surface area contributed by atoms with E-state index in [0.29, 0.717) is 11.3 Å². The largest absolute Gasteiger partial charge is 0.481 e. The van der Waals surface area contributed by atoms with Crippen molar-refractivity contribution in [3.8, 4) is 17.8 Å². The molecule has 0 aliphatic rings. The van der Waals surface area contributed by atoms with Gasteiger partial charge in [0.1, 0.15) is 17.5 Å². The number of aromatic nitrogens is 2. The fourth-order valence-corrected chi connectivity index (χ4v) is 3.83. The summed E-state index contributed by atoms with van der Waals surface area (Å²) in [5.41, 5.74) is 0.171. The minimum atomic E-state index is -0.798. The Bertz CT molecular complexity index is 1350. The van der Waals surface area contributed by atoms with Crippen LogP contribution in [-0.2, 0) is 9.53 Å². The zero-order valence-corrected chi connectivity index (χ0v) is 22.6. The topological polar surface area (TPSA) is 118 Å². The van der Waals surface area contributed by atoms with Crippen molar-refractivity contribution in [3.05, 3.63) is 65.2 Å². The molecule has 0 saturated heterocycles. The molecule has 0 aliphatic carbocycles. The molecule has 2 atom stereocenters. The molecule has 0 unspecified atom stereocenters. The molecule has 206 valence electrons. The van der Waals surface area contributed by atoms with Crippen LogP contribution in [0.3, 0.4) is 0 Å². The number of carbonyl (C=O) groups is 1. The molecule has 9 nitrogen and oxygen atoms in total. The quantitative estimate of drug-likeness (QED) is 0.303. The van der Waals surface area contributed by atoms with Gasteiger partial charge in [-0.3, -0.25) is 4.79 Å². The lowest BCUT2D eigenvalue weighted by Crippen LogP contribution is -2.28. The van der Waals surface area contributed by atoms with E-state index in [1.807, 2.05) is 6.07 Å². The standard InChI is InChI=1S/C28H31F2N5O4/c1-16(10-24(36)39-28(2,3)4)25(17-8-7-9-19(29)11-17)34-27-21(30)12-18(15-31)26(35-27)32-20-13-22(37-5)33-23(14-20)38-6/h7-9,11-14,16,25H,10H2,1-6H3,(H2,32,33,34,35)/t16-,25+/m1/s1. The molecule has 0 amide bonds. The first-order chi connectivity index (χ1) is 18.4. The maximum Gasteiger partial charge on any atom is 0.306 e. The van der Waals surface area contributed by atoms with Crippen molar-refractivity contribution < 1.29 is 27.8 Å². The van der Waals surface area contributed by atoms with Gasteiger partial charge in [-0.25, -0.2) is 13.8 Å². The van der Waals surface area contributed by atoms with Crippen molar-refractivity contribution in [3.63, 3.8) is 0 Å². The van der Waals surface area contributed by atoms with E-state index in [1.54, 1.807) is 45.9 Å². The van der Waals surface area contributed by atoms with Crippen LogP contribution >= 0.6 is 0 Å². The number of benzene rings is 1. The lowest BCUT2D eigenvalue weighted by molar-refractivity contribution is -0.155. The van der Waals surface area contributed by atoms with Gasteiger partial charge in [0.15, 0.2) is 17.5 Å². The van der Waals surface area contributed by atoms with E-state index >= 15 is 4.39 Å². The smallest absolute Gasteiger partial charge is 0.306 e. The van der Waals surface area contributed by atoms with Gasteiger partial charge in [0.2, 0.25) is 11.8 Å². The Kier molecular flexibility index (Phi) is 9.24. The second-order valence-corrected chi connectivity index (χ2v) is 9.84. The van der Waals surface area contributed by atoms with Crippen LogP contribution in [0.25, 0.3) is 0 Å². The van der Waals surface area contributed by atoms with Crippen LogP contribution in [-0.4, -0.2) is 35.8 Å². The minimum absolute atomic E-state index is 0.0228. The summed E-state index contributed by atoms with van der Waals surface area (Å²) in [4.78, 5) is 21.0. The SMILES string of the molecule is COc1cc(Nc2nc(N[C@H](c3cccc(F)c3)[C@H](C)CC(=O)OC(C)(C)C)c(F)cc2C#N)cc(OC)n1. The highest BCUT2D eigenvalue weighted by atomic mass is 19.1. The first-order valence-electron chi connectivity index (χ1n) is 12.1. The highest BCUT2D eigenvalue weighted by molar-refractivity contribution is 5.70. The number of nitrogens with zero attached hydrogens (tertiary/aromatic N) is 3. The maximum atomic E-state index is 15.2. The molecule has 0 aliphatic heterocycles. The molecular formula is C28H31F2N5O4. The molecule has 2 aromatic heterocycles. The predicted molar refractivity (Wildman–Crippen MR) is 142 cm³/mol. The van der Waals surface area contributed by atoms with Gasteiger partial charge >= 0.3 is 5.97 Å². The average Bonchev–Trinajstić information content (AvgIpc) is 2.87. The van der Waals surface area contributed by atoms with E-state index in [4.69, 9.17) is 14.2 Å². The first kappa shape index (κ1) is 29.1. The van der Waals surface area contributed by atoms with Crippen LogP contribution in [0.5, 0.6) is 11.8 Å². The van der Waals surface area contributed by atoms with Crippen molar-refractivity contribution in [2.45, 2.75) is 45.8 Å². The molecule has 0 saturated carbocycles. The average molecular weight is 540 g/mol. The van der Waals surface area contributed by atoms with Crippen molar-refractivity contribution in [2.75, 3.05) is 24.9 Å². The number of carbonyl (C=O) groups excluding carboxylic acids is 1. The summed E-state index contributed by atoms with van der Waals surface area (Å²) in [7, 11) is 2.88. The van der Waals surface area contributed by atoms with Crippen LogP contribution in [0, 0.1) is 28.9 Å². The van der Waals surface area contributed by atoms with E-state index in [2.05, 4.69) is 20.6 Å². The number of ether oxygens (including phenoxy) is 3. The molecule has 3 rings (SSSR count). The van der Waals surface area contributed by atoms with Crippen LogP contribution in [0.1, 0.15) is 51.3 Å². The number of methoxy groups -OCH3 is 2. The highest BCUT2D eigenvalue weighted by Crippen LogP contribution is 2.33. The third-order valence-corrected chi connectivity index (χ3v) is 5.53. The number of pyridine rings is 2. The van der Waals surface area contributed by atoms with Crippen LogP contribution in [0.15, 0.2) is 42.5 Å². The van der Waals surface area contributed by atoms with Gasteiger partial charge in [0, 0.05) is 12.1 Å². The maximum absolute atomic E-state index is 15.2. The molecule has 0 spiro atoms. The zero-order valence-electron chi connectivity index (χ0n) is 22.6. The number of nitrogens with one attached hydrogen (secondary N) is 2. The highest BCUT2D eigenvalue weighted by Gasteiger charge is 2.27. The molecule has 2 heterocycles. The van der Waals surface area contributed by atoms with E-state index in [-0.39, 0.29) is 35.4 Å². The van der Waals surface area contributed by atoms with Crippen molar-refractivity contribution in [1.29, 1.82) is 5.26 Å². The second kappa shape index (κ2) is 12.4. The molecule has 0 fully saturated rings. The number of hydrogen-bond donors (Lipinski definition) is 2. The summed E-state index contributed by atoms with van der Waals surface area (Å²) in [5.74, 6) is -1.84. The van der Waals surface area contributed by atoms with Gasteiger partial charge in [-0.1, -0.05) is 19.1 Å². The Labute approximate surface area is 226 Å². The molecule has 1 aromatic carbocycles. The molecule has 0 bridgehead atoms. The van der Waals surface area contributed by atoms with E-state index in [9.17, 15) is 14.4 Å². The summed E-state index contributed by atoms with van der Waals surface area (Å²) < 4.78 is 45.1. The number of esters is 1. The van der Waals surface area contributed by atoms with Crippen LogP contribution in [0.4, 0.5) is 26.1 Å². The molecule has 11 heteroatoms. The van der Waals surface area contributed by atoms with Gasteiger partial charge in [-0.05, 0) is 50.5 Å². The van der Waals surface area contributed by atoms with E-state index in [1.165, 1.54) is 32.4 Å². The minimum Gasteiger partial charge on any atom is -0.481 e. The monoisotopic (exact) mass is 539 g/mol. The summed E-state index contributed by atoms with van der Waals surface area (Å²) >= 11 is 0.